The number of para-hydroxylation sites is 1. The molecule has 3 rings (SSSR count). The van der Waals surface area contributed by atoms with Crippen LogP contribution in [0.15, 0.2) is 58.3 Å². The molecule has 0 saturated carbocycles. The summed E-state index contributed by atoms with van der Waals surface area (Å²) in [7, 11) is 0. The predicted octanol–water partition coefficient (Wildman–Crippen LogP) is 4.74. The molecular formula is C19H22N2OS2. The molecule has 0 aliphatic carbocycles. The van der Waals surface area contributed by atoms with Crippen LogP contribution in [-0.4, -0.2) is 30.5 Å². The molecule has 1 aliphatic heterocycles. The second-order valence-electron chi connectivity index (χ2n) is 5.78. The number of nitrogens with one attached hydrogen (secondary N) is 1. The highest BCUT2D eigenvalue weighted by Gasteiger charge is 2.25. The average Bonchev–Trinajstić information content (AvgIpc) is 2.61. The fourth-order valence-corrected chi connectivity index (χ4v) is 4.53. The van der Waals surface area contributed by atoms with Crippen LogP contribution in [0.4, 0.5) is 11.4 Å². The molecule has 1 heterocycles. The van der Waals surface area contributed by atoms with Gasteiger partial charge in [0.1, 0.15) is 0 Å². The summed E-state index contributed by atoms with van der Waals surface area (Å²) in [5.74, 6) is 0.0322. The quantitative estimate of drug-likeness (QED) is 0.783. The minimum Gasteiger partial charge on any atom is -0.360 e. The average molecular weight is 359 g/mol. The van der Waals surface area contributed by atoms with Gasteiger partial charge in [-0.1, -0.05) is 25.1 Å². The van der Waals surface area contributed by atoms with E-state index in [1.165, 1.54) is 10.6 Å². The van der Waals surface area contributed by atoms with Crippen LogP contribution in [0.3, 0.4) is 0 Å². The Bertz CT molecular complexity index is 720. The van der Waals surface area contributed by atoms with E-state index in [1.807, 2.05) is 48.3 Å². The molecule has 0 spiro atoms. The standard InChI is InChI=1S/C19H22N2OS2/c1-3-15-12-21(17-9-4-5-10-18(17)24-15)13-19(22)20-14-7-6-8-16(11-14)23-2/h4-11,15H,3,12-13H2,1-2H3,(H,20,22)/t15-/m0/s1. The summed E-state index contributed by atoms with van der Waals surface area (Å²) in [5.41, 5.74) is 2.03. The van der Waals surface area contributed by atoms with E-state index in [0.717, 1.165) is 23.5 Å². The fourth-order valence-electron chi connectivity index (χ4n) is 2.82. The number of carbonyl (C=O) groups excluding carboxylic acids is 1. The molecule has 2 aromatic rings. The van der Waals surface area contributed by atoms with Crippen LogP contribution in [0.25, 0.3) is 0 Å². The van der Waals surface area contributed by atoms with Crippen molar-refractivity contribution in [1.82, 2.24) is 0 Å². The van der Waals surface area contributed by atoms with Crippen molar-refractivity contribution in [2.24, 2.45) is 0 Å². The molecule has 3 nitrogen and oxygen atoms in total. The molecule has 1 atom stereocenters. The Labute approximate surface area is 152 Å². The third-order valence-corrected chi connectivity index (χ3v) is 6.21. The molecular weight excluding hydrogens is 336 g/mol. The molecule has 1 aliphatic rings. The summed E-state index contributed by atoms with van der Waals surface area (Å²) in [6.07, 6.45) is 3.14. The Hall–Kier alpha value is -1.59. The minimum absolute atomic E-state index is 0.0322. The zero-order valence-corrected chi connectivity index (χ0v) is 15.6. The van der Waals surface area contributed by atoms with E-state index in [2.05, 4.69) is 35.3 Å². The number of carbonyl (C=O) groups is 1. The molecule has 0 radical (unpaired) electrons. The van der Waals surface area contributed by atoms with Crippen LogP contribution in [0.5, 0.6) is 0 Å². The number of anilines is 2. The first-order chi connectivity index (χ1) is 11.7. The van der Waals surface area contributed by atoms with Crippen molar-refractivity contribution in [3.05, 3.63) is 48.5 Å². The second-order valence-corrected chi connectivity index (χ2v) is 8.00. The monoisotopic (exact) mass is 358 g/mol. The number of nitrogens with zero attached hydrogens (tertiary/aromatic N) is 1. The zero-order valence-electron chi connectivity index (χ0n) is 14.0. The summed E-state index contributed by atoms with van der Waals surface area (Å²) in [6.45, 7) is 3.51. The highest BCUT2D eigenvalue weighted by molar-refractivity contribution is 8.00. The van der Waals surface area contributed by atoms with Gasteiger partial charge in [0.05, 0.1) is 12.2 Å². The van der Waals surface area contributed by atoms with Gasteiger partial charge in [-0.15, -0.1) is 23.5 Å². The second kappa shape index (κ2) is 7.99. The smallest absolute Gasteiger partial charge is 0.243 e. The molecule has 0 fully saturated rings. The number of benzene rings is 2. The molecule has 1 amide bonds. The summed E-state index contributed by atoms with van der Waals surface area (Å²) in [4.78, 5) is 17.1. The summed E-state index contributed by atoms with van der Waals surface area (Å²) in [5, 5.41) is 3.56. The van der Waals surface area contributed by atoms with Gasteiger partial charge in [-0.3, -0.25) is 4.79 Å². The number of thioether (sulfide) groups is 2. The molecule has 0 aromatic heterocycles. The first-order valence-corrected chi connectivity index (χ1v) is 10.2. The van der Waals surface area contributed by atoms with Crippen molar-refractivity contribution in [2.45, 2.75) is 28.4 Å². The van der Waals surface area contributed by atoms with E-state index in [4.69, 9.17) is 0 Å². The maximum Gasteiger partial charge on any atom is 0.243 e. The van der Waals surface area contributed by atoms with Crippen LogP contribution in [0.1, 0.15) is 13.3 Å². The lowest BCUT2D eigenvalue weighted by Crippen LogP contribution is -2.40. The molecule has 0 saturated heterocycles. The molecule has 1 N–H and O–H groups in total. The molecule has 24 heavy (non-hydrogen) atoms. The van der Waals surface area contributed by atoms with E-state index in [-0.39, 0.29) is 5.91 Å². The van der Waals surface area contributed by atoms with Crippen LogP contribution in [-0.2, 0) is 4.79 Å². The van der Waals surface area contributed by atoms with Crippen molar-refractivity contribution in [1.29, 1.82) is 0 Å². The molecule has 2 aromatic carbocycles. The van der Waals surface area contributed by atoms with Crippen molar-refractivity contribution >= 4 is 40.8 Å². The third-order valence-electron chi connectivity index (χ3n) is 4.07. The molecule has 0 unspecified atom stereocenters. The number of rotatable bonds is 5. The van der Waals surface area contributed by atoms with Crippen molar-refractivity contribution in [2.75, 3.05) is 29.6 Å². The summed E-state index contributed by atoms with van der Waals surface area (Å²) < 4.78 is 0. The Morgan fingerprint density at radius 1 is 1.29 bits per heavy atom. The lowest BCUT2D eigenvalue weighted by atomic mass is 10.2. The lowest BCUT2D eigenvalue weighted by molar-refractivity contribution is -0.115. The van der Waals surface area contributed by atoms with E-state index in [1.54, 1.807) is 11.8 Å². The van der Waals surface area contributed by atoms with Gasteiger partial charge in [-0.25, -0.2) is 0 Å². The third kappa shape index (κ3) is 4.08. The van der Waals surface area contributed by atoms with Crippen LogP contribution < -0.4 is 10.2 Å². The van der Waals surface area contributed by atoms with Gasteiger partial charge >= 0.3 is 0 Å². The topological polar surface area (TPSA) is 32.3 Å². The highest BCUT2D eigenvalue weighted by Crippen LogP contribution is 2.39. The Morgan fingerprint density at radius 3 is 2.92 bits per heavy atom. The Balaban J connectivity index is 1.71. The first kappa shape index (κ1) is 17.2. The molecule has 126 valence electrons. The van der Waals surface area contributed by atoms with E-state index >= 15 is 0 Å². The maximum atomic E-state index is 12.5. The van der Waals surface area contributed by atoms with E-state index < -0.39 is 0 Å². The summed E-state index contributed by atoms with van der Waals surface area (Å²) in [6, 6.07) is 16.3. The van der Waals surface area contributed by atoms with Gasteiger partial charge in [0, 0.05) is 27.3 Å². The number of fused-ring (bicyclic) bond motifs is 1. The molecule has 5 heteroatoms. The first-order valence-electron chi connectivity index (χ1n) is 8.14. The van der Waals surface area contributed by atoms with Gasteiger partial charge in [0.2, 0.25) is 5.91 Å². The van der Waals surface area contributed by atoms with Gasteiger partial charge in [0.25, 0.3) is 0 Å². The van der Waals surface area contributed by atoms with E-state index in [0.29, 0.717) is 11.8 Å². The van der Waals surface area contributed by atoms with E-state index in [9.17, 15) is 4.79 Å². The largest absolute Gasteiger partial charge is 0.360 e. The predicted molar refractivity (Wildman–Crippen MR) is 105 cm³/mol. The van der Waals surface area contributed by atoms with Crippen LogP contribution in [0, 0.1) is 0 Å². The Kier molecular flexibility index (Phi) is 5.74. The van der Waals surface area contributed by atoms with Gasteiger partial charge in [0.15, 0.2) is 0 Å². The van der Waals surface area contributed by atoms with Crippen molar-refractivity contribution in [3.8, 4) is 0 Å². The molecule has 0 bridgehead atoms. The zero-order chi connectivity index (χ0) is 16.9. The Morgan fingerprint density at radius 2 is 2.12 bits per heavy atom. The van der Waals surface area contributed by atoms with Crippen LogP contribution in [0.2, 0.25) is 0 Å². The number of amides is 1. The summed E-state index contributed by atoms with van der Waals surface area (Å²) >= 11 is 3.60. The van der Waals surface area contributed by atoms with Crippen molar-refractivity contribution in [3.63, 3.8) is 0 Å². The maximum absolute atomic E-state index is 12.5. The lowest BCUT2D eigenvalue weighted by Gasteiger charge is -2.34. The normalized spacial score (nSPS) is 16.6. The van der Waals surface area contributed by atoms with Gasteiger partial charge in [-0.2, -0.15) is 0 Å². The van der Waals surface area contributed by atoms with Gasteiger partial charge < -0.3 is 10.2 Å². The minimum atomic E-state index is 0.0322. The SMILES string of the molecule is CC[C@H]1CN(CC(=O)Nc2cccc(SC)c2)c2ccccc2S1. The number of hydrogen-bond acceptors (Lipinski definition) is 4. The van der Waals surface area contributed by atoms with Crippen molar-refractivity contribution < 1.29 is 4.79 Å². The fraction of sp³-hybridized carbons (Fsp3) is 0.316. The number of hydrogen-bond donors (Lipinski definition) is 1. The highest BCUT2D eigenvalue weighted by atomic mass is 32.2. The van der Waals surface area contributed by atoms with Crippen LogP contribution >= 0.6 is 23.5 Å². The van der Waals surface area contributed by atoms with Gasteiger partial charge in [-0.05, 0) is 43.0 Å².